The molecule has 0 saturated heterocycles. The molecule has 3 N–H and O–H groups in total. The Morgan fingerprint density at radius 1 is 1.18 bits per heavy atom. The smallest absolute Gasteiger partial charge is 0.481 e. The quantitative estimate of drug-likeness (QED) is 0.424. The van der Waals surface area contributed by atoms with Gasteiger partial charge in [0, 0.05) is 29.8 Å². The van der Waals surface area contributed by atoms with Crippen molar-refractivity contribution >= 4 is 45.0 Å². The van der Waals surface area contributed by atoms with Gasteiger partial charge in [0.15, 0.2) is 0 Å². The van der Waals surface area contributed by atoms with E-state index >= 15 is 0 Å². The van der Waals surface area contributed by atoms with Crippen LogP contribution in [0.1, 0.15) is 16.9 Å². The van der Waals surface area contributed by atoms with E-state index in [2.05, 4.69) is 10.3 Å². The van der Waals surface area contributed by atoms with Gasteiger partial charge < -0.3 is 19.9 Å². The third-order valence-corrected chi connectivity index (χ3v) is 5.25. The summed E-state index contributed by atoms with van der Waals surface area (Å²) < 4.78 is 33.6. The Morgan fingerprint density at radius 2 is 1.82 bits per heavy atom. The number of hydrogen-bond donors (Lipinski definition) is 3. The summed E-state index contributed by atoms with van der Waals surface area (Å²) in [5, 5.41) is 18.4. The maximum Gasteiger partial charge on any atom is 0.490 e. The van der Waals surface area contributed by atoms with Crippen LogP contribution in [0.2, 0.25) is 0 Å². The van der Waals surface area contributed by atoms with E-state index in [1.807, 2.05) is 22.7 Å². The topological polar surface area (TPSA) is 121 Å². The lowest BCUT2D eigenvalue weighted by Crippen LogP contribution is -2.26. The van der Waals surface area contributed by atoms with E-state index in [1.165, 1.54) is 10.8 Å². The van der Waals surface area contributed by atoms with Crippen molar-refractivity contribution in [2.24, 2.45) is 0 Å². The van der Waals surface area contributed by atoms with E-state index in [-0.39, 0.29) is 12.3 Å². The van der Waals surface area contributed by atoms with Gasteiger partial charge in [0.05, 0.1) is 12.7 Å². The number of amides is 1. The predicted octanol–water partition coefficient (Wildman–Crippen LogP) is 2.55. The lowest BCUT2D eigenvalue weighted by molar-refractivity contribution is -0.192. The molecule has 2 rings (SSSR count). The van der Waals surface area contributed by atoms with E-state index in [0.29, 0.717) is 18.0 Å². The average molecular weight is 439 g/mol. The molecule has 154 valence electrons. The molecule has 0 radical (unpaired) electrons. The number of hydrogen-bond acceptors (Lipinski definition) is 6. The maximum absolute atomic E-state index is 11.9. The first kappa shape index (κ1) is 23.6. The van der Waals surface area contributed by atoms with Crippen LogP contribution in [0.3, 0.4) is 0 Å². The highest BCUT2D eigenvalue weighted by Gasteiger charge is 2.38. The zero-order chi connectivity index (χ0) is 21.2. The van der Waals surface area contributed by atoms with Gasteiger partial charge in [-0.2, -0.15) is 13.2 Å². The molecular formula is C15H16F3N3O5S2. The number of aliphatic carboxylic acids is 2. The second kappa shape index (κ2) is 11.4. The summed E-state index contributed by atoms with van der Waals surface area (Å²) in [4.78, 5) is 35.2. The Balaban J connectivity index is 0.000000480. The Labute approximate surface area is 164 Å². The predicted molar refractivity (Wildman–Crippen MR) is 98.4 cm³/mol. The molecule has 2 heterocycles. The number of alkyl halides is 3. The van der Waals surface area contributed by atoms with Crippen LogP contribution in [0, 0.1) is 0 Å². The largest absolute Gasteiger partial charge is 0.490 e. The molecule has 0 aliphatic heterocycles. The first-order valence-corrected chi connectivity index (χ1v) is 10.1. The summed E-state index contributed by atoms with van der Waals surface area (Å²) in [6.45, 7) is 0.525. The molecule has 0 aliphatic carbocycles. The molecule has 2 aromatic heterocycles. The number of carboxylic acids is 2. The van der Waals surface area contributed by atoms with Gasteiger partial charge in [-0.15, -0.1) is 0 Å². The fraction of sp³-hybridized carbons (Fsp3) is 0.333. The van der Waals surface area contributed by atoms with Crippen LogP contribution in [0.5, 0.6) is 0 Å². The second-order valence-electron chi connectivity index (χ2n) is 4.96. The standard InChI is InChI=1S/C13H15N3O3S2.C2HF3O2/c17-12(18)3-6-20-21-7-4-14-13(19)11-8-10-2-1-5-16(10)9-15-11;3-2(4,5)1(6)7/h1-2,5,8-9H,3-4,6-7H2,(H,14,19)(H,17,18);(H,6,7). The monoisotopic (exact) mass is 439 g/mol. The lowest BCUT2D eigenvalue weighted by atomic mass is 10.3. The van der Waals surface area contributed by atoms with Crippen molar-refractivity contribution in [3.8, 4) is 0 Å². The van der Waals surface area contributed by atoms with Gasteiger partial charge in [-0.1, -0.05) is 21.6 Å². The van der Waals surface area contributed by atoms with E-state index in [4.69, 9.17) is 15.0 Å². The average Bonchev–Trinajstić information content (AvgIpc) is 3.07. The van der Waals surface area contributed by atoms with Gasteiger partial charge in [0.1, 0.15) is 5.69 Å². The molecule has 0 aliphatic rings. The van der Waals surface area contributed by atoms with Crippen LogP contribution in [0.25, 0.3) is 5.52 Å². The third-order valence-electron chi connectivity index (χ3n) is 2.85. The van der Waals surface area contributed by atoms with Gasteiger partial charge in [0.2, 0.25) is 0 Å². The van der Waals surface area contributed by atoms with Crippen LogP contribution in [-0.2, 0) is 9.59 Å². The number of carbonyl (C=O) groups excluding carboxylic acids is 1. The third kappa shape index (κ3) is 8.99. The fourth-order valence-corrected chi connectivity index (χ4v) is 3.49. The Hall–Kier alpha value is -2.41. The van der Waals surface area contributed by atoms with Crippen LogP contribution in [0.15, 0.2) is 30.7 Å². The highest BCUT2D eigenvalue weighted by atomic mass is 33.1. The van der Waals surface area contributed by atoms with Gasteiger partial charge in [-0.25, -0.2) is 9.78 Å². The Kier molecular flexibility index (Phi) is 9.65. The molecule has 2 aromatic rings. The molecule has 1 amide bonds. The number of carboxylic acid groups (broad SMARTS) is 2. The first-order valence-electron chi connectivity index (χ1n) is 7.58. The van der Waals surface area contributed by atoms with Crippen LogP contribution in [0.4, 0.5) is 13.2 Å². The molecule has 0 saturated carbocycles. The number of rotatable bonds is 8. The van der Waals surface area contributed by atoms with Gasteiger partial charge >= 0.3 is 18.1 Å². The van der Waals surface area contributed by atoms with Crippen molar-refractivity contribution in [2.45, 2.75) is 12.6 Å². The van der Waals surface area contributed by atoms with Crippen molar-refractivity contribution in [3.63, 3.8) is 0 Å². The van der Waals surface area contributed by atoms with Crippen LogP contribution < -0.4 is 5.32 Å². The van der Waals surface area contributed by atoms with Crippen molar-refractivity contribution < 1.29 is 37.8 Å². The molecule has 0 bridgehead atoms. The number of halogens is 3. The van der Waals surface area contributed by atoms with Crippen molar-refractivity contribution in [1.29, 1.82) is 0 Å². The minimum absolute atomic E-state index is 0.158. The van der Waals surface area contributed by atoms with E-state index in [0.717, 1.165) is 11.3 Å². The number of nitrogens with zero attached hydrogens (tertiary/aromatic N) is 2. The van der Waals surface area contributed by atoms with Crippen molar-refractivity contribution in [3.05, 3.63) is 36.4 Å². The maximum atomic E-state index is 11.9. The molecule has 0 fully saturated rings. The summed E-state index contributed by atoms with van der Waals surface area (Å²) in [6.07, 6.45) is -1.44. The molecule has 0 unspecified atom stereocenters. The van der Waals surface area contributed by atoms with Gasteiger partial charge in [-0.3, -0.25) is 9.59 Å². The lowest BCUT2D eigenvalue weighted by Gasteiger charge is -2.04. The van der Waals surface area contributed by atoms with E-state index < -0.39 is 18.1 Å². The molecule has 28 heavy (non-hydrogen) atoms. The summed E-state index contributed by atoms with van der Waals surface area (Å²) in [5.74, 6) is -2.45. The second-order valence-corrected chi connectivity index (χ2v) is 7.66. The summed E-state index contributed by atoms with van der Waals surface area (Å²) in [5.41, 5.74) is 1.32. The SMILES string of the molecule is O=C(O)C(F)(F)F.O=C(O)CCSSCCNC(=O)c1cc2cccn2cn1. The Morgan fingerprint density at radius 3 is 2.43 bits per heavy atom. The fourth-order valence-electron chi connectivity index (χ4n) is 1.60. The van der Waals surface area contributed by atoms with Crippen molar-refractivity contribution in [2.75, 3.05) is 18.1 Å². The molecule has 8 nitrogen and oxygen atoms in total. The molecular weight excluding hydrogens is 423 g/mol. The zero-order valence-electron chi connectivity index (χ0n) is 14.2. The minimum atomic E-state index is -5.08. The normalized spacial score (nSPS) is 10.8. The minimum Gasteiger partial charge on any atom is -0.481 e. The van der Waals surface area contributed by atoms with Gasteiger partial charge in [-0.05, 0) is 18.2 Å². The summed E-state index contributed by atoms with van der Waals surface area (Å²) in [7, 11) is 3.05. The molecule has 13 heteroatoms. The molecule has 0 spiro atoms. The van der Waals surface area contributed by atoms with E-state index in [1.54, 1.807) is 23.2 Å². The molecule has 0 atom stereocenters. The highest BCUT2D eigenvalue weighted by Crippen LogP contribution is 2.21. The number of aromatic nitrogens is 2. The van der Waals surface area contributed by atoms with E-state index in [9.17, 15) is 22.8 Å². The molecule has 0 aromatic carbocycles. The zero-order valence-corrected chi connectivity index (χ0v) is 15.8. The first-order chi connectivity index (χ1) is 13.1. The number of carbonyl (C=O) groups is 3. The van der Waals surface area contributed by atoms with Crippen LogP contribution >= 0.6 is 21.6 Å². The van der Waals surface area contributed by atoms with Gasteiger partial charge in [0.25, 0.3) is 5.91 Å². The van der Waals surface area contributed by atoms with Crippen LogP contribution in [-0.4, -0.2) is 61.7 Å². The number of fused-ring (bicyclic) bond motifs is 1. The Bertz CT molecular complexity index is 814. The summed E-state index contributed by atoms with van der Waals surface area (Å²) in [6, 6.07) is 5.54. The van der Waals surface area contributed by atoms with Crippen molar-refractivity contribution in [1.82, 2.24) is 14.7 Å². The highest BCUT2D eigenvalue weighted by molar-refractivity contribution is 8.76. The summed E-state index contributed by atoms with van der Waals surface area (Å²) >= 11 is 0. The number of nitrogens with one attached hydrogen (secondary N) is 1.